The second-order valence-corrected chi connectivity index (χ2v) is 3.62. The molecule has 0 aromatic rings. The fraction of sp³-hybridized carbons (Fsp3) is 0.556. The Morgan fingerprint density at radius 3 is 2.33 bits per heavy atom. The highest BCUT2D eigenvalue weighted by molar-refractivity contribution is 6.21. The zero-order chi connectivity index (χ0) is 11.0. The first kappa shape index (κ1) is 9.97. The number of nitrogens with zero attached hydrogens (tertiary/aromatic N) is 1. The number of hydrogen-bond donors (Lipinski definition) is 1. The average molecular weight is 211 g/mol. The molecule has 0 bridgehead atoms. The predicted molar refractivity (Wildman–Crippen MR) is 47.0 cm³/mol. The molecule has 2 rings (SSSR count). The second-order valence-electron chi connectivity index (χ2n) is 3.62. The van der Waals surface area contributed by atoms with E-state index in [-0.39, 0.29) is 30.3 Å². The molecule has 6 heteroatoms. The van der Waals surface area contributed by atoms with Crippen LogP contribution >= 0.6 is 0 Å². The van der Waals surface area contributed by atoms with Gasteiger partial charge in [0.1, 0.15) is 23.4 Å². The third-order valence-corrected chi connectivity index (χ3v) is 2.72. The van der Waals surface area contributed by atoms with Gasteiger partial charge in [0.25, 0.3) is 5.91 Å². The van der Waals surface area contributed by atoms with Gasteiger partial charge in [-0.05, 0) is 6.42 Å². The summed E-state index contributed by atoms with van der Waals surface area (Å²) in [4.78, 5) is 41.7. The Morgan fingerprint density at radius 2 is 1.73 bits per heavy atom. The van der Waals surface area contributed by atoms with Crippen molar-refractivity contribution in [1.82, 2.24) is 0 Å². The highest BCUT2D eigenvalue weighted by atomic mass is 17.1. The summed E-state index contributed by atoms with van der Waals surface area (Å²) in [5, 5.41) is 8.47. The van der Waals surface area contributed by atoms with E-state index >= 15 is 0 Å². The molecule has 0 aromatic carbocycles. The van der Waals surface area contributed by atoms with Crippen LogP contribution in [0.1, 0.15) is 19.3 Å². The number of aliphatic imine (C=N–C) groups is 1. The van der Waals surface area contributed by atoms with Crippen molar-refractivity contribution in [2.45, 2.75) is 19.3 Å². The van der Waals surface area contributed by atoms with Gasteiger partial charge in [-0.3, -0.25) is 14.4 Å². The third-order valence-electron chi connectivity index (χ3n) is 2.72. The molecule has 2 unspecified atom stereocenters. The minimum Gasteiger partial charge on any atom is -0.323 e. The fourth-order valence-corrected chi connectivity index (χ4v) is 2.01. The van der Waals surface area contributed by atoms with E-state index in [0.717, 1.165) is 0 Å². The van der Waals surface area contributed by atoms with Crippen LogP contribution in [0.5, 0.6) is 0 Å². The van der Waals surface area contributed by atoms with Crippen molar-refractivity contribution in [1.29, 1.82) is 0 Å². The maximum atomic E-state index is 11.6. The monoisotopic (exact) mass is 211 g/mol. The van der Waals surface area contributed by atoms with Gasteiger partial charge in [0, 0.05) is 12.8 Å². The van der Waals surface area contributed by atoms with Gasteiger partial charge in [0.15, 0.2) is 0 Å². The molecule has 6 nitrogen and oxygen atoms in total. The molecule has 1 heterocycles. The van der Waals surface area contributed by atoms with Crippen LogP contribution in [0.4, 0.5) is 0 Å². The Kier molecular flexibility index (Phi) is 2.36. The van der Waals surface area contributed by atoms with Crippen molar-refractivity contribution in [2.75, 3.05) is 0 Å². The Balaban J connectivity index is 2.39. The number of ketones is 2. The SMILES string of the molecule is O=C1CCCC(=O)C2C(OO)=NC(=O)C12. The Labute approximate surface area is 84.9 Å². The predicted octanol–water partition coefficient (Wildman–Crippen LogP) is -0.0308. The molecule has 1 amide bonds. The zero-order valence-electron chi connectivity index (χ0n) is 7.80. The normalized spacial score (nSPS) is 31.0. The summed E-state index contributed by atoms with van der Waals surface area (Å²) < 4.78 is 0. The lowest BCUT2D eigenvalue weighted by molar-refractivity contribution is -0.162. The van der Waals surface area contributed by atoms with Gasteiger partial charge < -0.3 is 4.89 Å². The lowest BCUT2D eigenvalue weighted by Gasteiger charge is -2.11. The van der Waals surface area contributed by atoms with E-state index in [9.17, 15) is 14.4 Å². The molecule has 80 valence electrons. The first-order chi connectivity index (χ1) is 7.15. The largest absolute Gasteiger partial charge is 0.323 e. The quantitative estimate of drug-likeness (QED) is 0.345. The molecular weight excluding hydrogens is 202 g/mol. The first-order valence-electron chi connectivity index (χ1n) is 4.64. The van der Waals surface area contributed by atoms with Gasteiger partial charge in [0.05, 0.1) is 0 Å². The molecule has 1 N–H and O–H groups in total. The summed E-state index contributed by atoms with van der Waals surface area (Å²) in [7, 11) is 0. The molecule has 1 fully saturated rings. The number of carbonyl (C=O) groups is 3. The maximum absolute atomic E-state index is 11.6. The summed E-state index contributed by atoms with van der Waals surface area (Å²) in [6.45, 7) is 0. The Morgan fingerprint density at radius 1 is 1.13 bits per heavy atom. The number of fused-ring (bicyclic) bond motifs is 1. The number of Topliss-reactive ketones (excluding diaryl/α,β-unsaturated/α-hetero) is 2. The van der Waals surface area contributed by atoms with Gasteiger partial charge in [0.2, 0.25) is 5.90 Å². The van der Waals surface area contributed by atoms with Crippen LogP contribution in [0.25, 0.3) is 0 Å². The van der Waals surface area contributed by atoms with E-state index in [1.807, 2.05) is 0 Å². The van der Waals surface area contributed by atoms with Crippen molar-refractivity contribution in [3.05, 3.63) is 0 Å². The van der Waals surface area contributed by atoms with Gasteiger partial charge in [-0.2, -0.15) is 4.99 Å². The van der Waals surface area contributed by atoms with Crippen LogP contribution < -0.4 is 0 Å². The van der Waals surface area contributed by atoms with Crippen molar-refractivity contribution >= 4 is 23.4 Å². The smallest absolute Gasteiger partial charge is 0.260 e. The standard InChI is InChI=1S/C9H9NO5/c11-4-2-1-3-5(12)7-6(4)8(13)10-9(7)15-14/h6-7,14H,1-3H2. The van der Waals surface area contributed by atoms with Gasteiger partial charge >= 0.3 is 0 Å². The van der Waals surface area contributed by atoms with Gasteiger partial charge in [-0.15, -0.1) is 0 Å². The minimum absolute atomic E-state index is 0.201. The molecule has 1 aliphatic carbocycles. The van der Waals surface area contributed by atoms with Gasteiger partial charge in [-0.25, -0.2) is 5.26 Å². The van der Waals surface area contributed by atoms with Crippen molar-refractivity contribution in [2.24, 2.45) is 16.8 Å². The van der Waals surface area contributed by atoms with E-state index in [1.165, 1.54) is 0 Å². The lowest BCUT2D eigenvalue weighted by atomic mass is 9.88. The van der Waals surface area contributed by atoms with Crippen LogP contribution in [0.3, 0.4) is 0 Å². The number of hydrogen-bond acceptors (Lipinski definition) is 5. The summed E-state index contributed by atoms with van der Waals surface area (Å²) in [6.07, 6.45) is 0.853. The van der Waals surface area contributed by atoms with E-state index in [4.69, 9.17) is 5.26 Å². The van der Waals surface area contributed by atoms with Crippen molar-refractivity contribution in [3.63, 3.8) is 0 Å². The summed E-state index contributed by atoms with van der Waals surface area (Å²) in [6, 6.07) is 0. The topological polar surface area (TPSA) is 93.0 Å². The molecule has 0 saturated heterocycles. The van der Waals surface area contributed by atoms with Crippen LogP contribution in [0, 0.1) is 11.8 Å². The molecule has 0 spiro atoms. The van der Waals surface area contributed by atoms with E-state index < -0.39 is 17.7 Å². The van der Waals surface area contributed by atoms with Crippen molar-refractivity contribution < 1.29 is 24.5 Å². The number of rotatable bonds is 0. The summed E-state index contributed by atoms with van der Waals surface area (Å²) in [5.41, 5.74) is 0. The summed E-state index contributed by atoms with van der Waals surface area (Å²) in [5.74, 6) is -3.68. The van der Waals surface area contributed by atoms with Crippen LogP contribution in [-0.4, -0.2) is 28.6 Å². The second kappa shape index (κ2) is 3.54. The van der Waals surface area contributed by atoms with Crippen LogP contribution in [-0.2, 0) is 19.3 Å². The zero-order valence-corrected chi connectivity index (χ0v) is 7.80. The number of carbonyl (C=O) groups excluding carboxylic acids is 3. The lowest BCUT2D eigenvalue weighted by Crippen LogP contribution is -2.32. The van der Waals surface area contributed by atoms with Crippen LogP contribution in [0.2, 0.25) is 0 Å². The molecule has 15 heavy (non-hydrogen) atoms. The maximum Gasteiger partial charge on any atom is 0.260 e. The average Bonchev–Trinajstić information content (AvgIpc) is 2.46. The highest BCUT2D eigenvalue weighted by Crippen LogP contribution is 2.31. The van der Waals surface area contributed by atoms with Gasteiger partial charge in [-0.1, -0.05) is 0 Å². The molecule has 1 aliphatic heterocycles. The first-order valence-corrected chi connectivity index (χ1v) is 4.64. The third kappa shape index (κ3) is 1.46. The Bertz CT molecular complexity index is 373. The van der Waals surface area contributed by atoms with E-state index in [1.54, 1.807) is 0 Å². The fourth-order valence-electron chi connectivity index (χ4n) is 2.01. The van der Waals surface area contributed by atoms with E-state index in [2.05, 4.69) is 9.88 Å². The Hall–Kier alpha value is -1.56. The highest BCUT2D eigenvalue weighted by Gasteiger charge is 2.49. The molecule has 0 radical (unpaired) electrons. The van der Waals surface area contributed by atoms with Crippen molar-refractivity contribution in [3.8, 4) is 0 Å². The minimum atomic E-state index is -1.07. The molecule has 0 aromatic heterocycles. The molecular formula is C9H9NO5. The molecule has 2 atom stereocenters. The number of amides is 1. The van der Waals surface area contributed by atoms with Crippen LogP contribution in [0.15, 0.2) is 4.99 Å². The molecule has 1 saturated carbocycles. The van der Waals surface area contributed by atoms with E-state index in [0.29, 0.717) is 6.42 Å². The molecule has 2 aliphatic rings. The summed E-state index contributed by atoms with van der Waals surface area (Å²) >= 11 is 0.